The average Bonchev–Trinajstić information content (AvgIpc) is 3.05. The average molecular weight is 432 g/mol. The van der Waals surface area contributed by atoms with Gasteiger partial charge in [-0.2, -0.15) is 0 Å². The highest BCUT2D eigenvalue weighted by molar-refractivity contribution is 7.99. The normalized spacial score (nSPS) is 16.0. The number of fused-ring (bicyclic) bond motifs is 3. The van der Waals surface area contributed by atoms with Crippen LogP contribution in [-0.4, -0.2) is 41.4 Å². The summed E-state index contributed by atoms with van der Waals surface area (Å²) in [7, 11) is 2.16. The van der Waals surface area contributed by atoms with E-state index in [0.29, 0.717) is 22.8 Å². The number of quaternary nitrogens is 1. The van der Waals surface area contributed by atoms with Crippen molar-refractivity contribution in [3.8, 4) is 11.4 Å². The van der Waals surface area contributed by atoms with Crippen molar-refractivity contribution >= 4 is 39.2 Å². The zero-order chi connectivity index (χ0) is 20.5. The molecule has 1 aliphatic rings. The number of hydrogen-bond acceptors (Lipinski definition) is 6. The maximum atomic E-state index is 13.6. The third-order valence-electron chi connectivity index (χ3n) is 4.89. The Morgan fingerprint density at radius 2 is 2.14 bits per heavy atom. The fourth-order valence-electron chi connectivity index (χ4n) is 3.56. The number of nitrogens with two attached hydrogens (primary N) is 1. The lowest BCUT2D eigenvalue weighted by molar-refractivity contribution is -0.895. The summed E-state index contributed by atoms with van der Waals surface area (Å²) >= 11 is 2.77. The lowest BCUT2D eigenvalue weighted by Gasteiger charge is -2.19. The Morgan fingerprint density at radius 3 is 2.83 bits per heavy atom. The third-order valence-corrected chi connectivity index (χ3v) is 6.98. The predicted molar refractivity (Wildman–Crippen MR) is 115 cm³/mol. The second-order valence-electron chi connectivity index (χ2n) is 7.03. The number of ether oxygens (including phenoxy) is 1. The van der Waals surface area contributed by atoms with Crippen LogP contribution in [0.25, 0.3) is 15.9 Å². The lowest BCUT2D eigenvalue weighted by Crippen LogP contribution is -3.08. The van der Waals surface area contributed by atoms with Crippen LogP contribution in [-0.2, 0) is 17.8 Å². The molecule has 2 aromatic heterocycles. The van der Waals surface area contributed by atoms with Crippen molar-refractivity contribution in [2.75, 3.05) is 26.0 Å². The second kappa shape index (κ2) is 8.17. The van der Waals surface area contributed by atoms with Gasteiger partial charge in [0.2, 0.25) is 5.91 Å². The number of primary amides is 1. The number of thioether (sulfide) groups is 1. The molecule has 1 unspecified atom stereocenters. The number of benzene rings is 1. The third kappa shape index (κ3) is 3.90. The molecule has 0 radical (unpaired) electrons. The minimum Gasteiger partial charge on any atom is -0.494 e. The maximum Gasteiger partial charge on any atom is 0.267 e. The Hall–Kier alpha value is -2.36. The van der Waals surface area contributed by atoms with Crippen molar-refractivity contribution in [2.24, 2.45) is 5.73 Å². The van der Waals surface area contributed by atoms with Gasteiger partial charge in [-0.15, -0.1) is 11.3 Å². The van der Waals surface area contributed by atoms with Crippen LogP contribution in [0.5, 0.6) is 5.75 Å². The highest BCUT2D eigenvalue weighted by atomic mass is 32.2. The molecule has 1 aromatic carbocycles. The Morgan fingerprint density at radius 1 is 1.38 bits per heavy atom. The van der Waals surface area contributed by atoms with E-state index in [-0.39, 0.29) is 11.3 Å². The van der Waals surface area contributed by atoms with E-state index in [1.54, 1.807) is 15.9 Å². The van der Waals surface area contributed by atoms with Crippen molar-refractivity contribution in [1.82, 2.24) is 9.55 Å². The molecule has 0 saturated carbocycles. The van der Waals surface area contributed by atoms with E-state index in [2.05, 4.69) is 7.05 Å². The molecule has 152 valence electrons. The van der Waals surface area contributed by atoms with Gasteiger partial charge in [0.1, 0.15) is 17.1 Å². The molecule has 3 aromatic rings. The van der Waals surface area contributed by atoms with Crippen molar-refractivity contribution in [3.05, 3.63) is 45.1 Å². The molecule has 4 rings (SSSR count). The molecule has 9 heteroatoms. The zero-order valence-corrected chi connectivity index (χ0v) is 18.0. The van der Waals surface area contributed by atoms with E-state index < -0.39 is 5.91 Å². The van der Waals surface area contributed by atoms with E-state index in [4.69, 9.17) is 15.5 Å². The predicted octanol–water partition coefficient (Wildman–Crippen LogP) is 0.994. The van der Waals surface area contributed by atoms with Gasteiger partial charge in [-0.3, -0.25) is 14.2 Å². The van der Waals surface area contributed by atoms with Crippen LogP contribution in [0.3, 0.4) is 0 Å². The molecule has 0 aliphatic carbocycles. The summed E-state index contributed by atoms with van der Waals surface area (Å²) in [6, 6.07) is 7.34. The van der Waals surface area contributed by atoms with Crippen molar-refractivity contribution in [3.63, 3.8) is 0 Å². The van der Waals surface area contributed by atoms with Crippen LogP contribution in [0.15, 0.2) is 34.2 Å². The first-order chi connectivity index (χ1) is 14.0. The van der Waals surface area contributed by atoms with Gasteiger partial charge in [0.25, 0.3) is 5.56 Å². The number of likely N-dealkylation sites (N-methyl/N-ethyl adjacent to an activating group) is 1. The first-order valence-electron chi connectivity index (χ1n) is 9.51. The standard InChI is InChI=1S/C20H22N4O3S2/c1-3-27-13-6-4-12(5-7-13)24-19(26)17-14-8-9-23(2)10-15(14)29-18(17)22-20(24)28-11-16(21)25/h4-7H,3,8-11H2,1-2H3,(H2,21,25)/p+1. The molecule has 1 amide bonds. The number of carbonyl (C=O) groups is 1. The van der Waals surface area contributed by atoms with Crippen molar-refractivity contribution < 1.29 is 14.4 Å². The number of thiophene rings is 1. The topological polar surface area (TPSA) is 91.7 Å². The molecule has 3 N–H and O–H groups in total. The minimum absolute atomic E-state index is 0.0625. The van der Waals surface area contributed by atoms with Gasteiger partial charge < -0.3 is 15.4 Å². The van der Waals surface area contributed by atoms with Gasteiger partial charge in [0.05, 0.1) is 41.9 Å². The van der Waals surface area contributed by atoms with Gasteiger partial charge in [-0.1, -0.05) is 11.8 Å². The molecular weight excluding hydrogens is 408 g/mol. The monoisotopic (exact) mass is 431 g/mol. The summed E-state index contributed by atoms with van der Waals surface area (Å²) < 4.78 is 7.10. The molecule has 3 heterocycles. The van der Waals surface area contributed by atoms with Crippen LogP contribution in [0.2, 0.25) is 0 Å². The Bertz CT molecular complexity index is 1120. The van der Waals surface area contributed by atoms with Gasteiger partial charge in [-0.25, -0.2) is 4.98 Å². The highest BCUT2D eigenvalue weighted by Gasteiger charge is 2.26. The summed E-state index contributed by atoms with van der Waals surface area (Å²) in [5.74, 6) is 0.356. The number of carbonyl (C=O) groups excluding carboxylic acids is 1. The number of amides is 1. The first-order valence-corrected chi connectivity index (χ1v) is 11.3. The Balaban J connectivity index is 1.89. The van der Waals surface area contributed by atoms with Crippen LogP contribution in [0, 0.1) is 0 Å². The summed E-state index contributed by atoms with van der Waals surface area (Å²) in [4.78, 5) is 33.1. The van der Waals surface area contributed by atoms with Crippen LogP contribution in [0.1, 0.15) is 17.4 Å². The van der Waals surface area contributed by atoms with Gasteiger partial charge in [-0.05, 0) is 36.8 Å². The number of aromatic nitrogens is 2. The summed E-state index contributed by atoms with van der Waals surface area (Å²) in [6.45, 7) is 4.40. The quantitative estimate of drug-likeness (QED) is 0.449. The van der Waals surface area contributed by atoms with Crippen LogP contribution in [0.4, 0.5) is 0 Å². The molecular formula is C20H23N4O3S2+. The molecule has 1 aliphatic heterocycles. The Labute approximate surface area is 176 Å². The first kappa shape index (κ1) is 19.9. The molecule has 1 atom stereocenters. The van der Waals surface area contributed by atoms with Gasteiger partial charge in [0.15, 0.2) is 5.16 Å². The van der Waals surface area contributed by atoms with Crippen molar-refractivity contribution in [1.29, 1.82) is 0 Å². The van der Waals surface area contributed by atoms with E-state index in [0.717, 1.165) is 35.7 Å². The van der Waals surface area contributed by atoms with Crippen LogP contribution < -0.4 is 20.9 Å². The second-order valence-corrected chi connectivity index (χ2v) is 9.06. The zero-order valence-electron chi connectivity index (χ0n) is 16.4. The molecule has 0 bridgehead atoms. The summed E-state index contributed by atoms with van der Waals surface area (Å²) in [5, 5.41) is 1.18. The minimum atomic E-state index is -0.446. The molecule has 7 nitrogen and oxygen atoms in total. The number of hydrogen-bond donors (Lipinski definition) is 2. The molecule has 0 spiro atoms. The van der Waals surface area contributed by atoms with Gasteiger partial charge >= 0.3 is 0 Å². The number of rotatable bonds is 6. The lowest BCUT2D eigenvalue weighted by atomic mass is 10.1. The maximum absolute atomic E-state index is 13.6. The SMILES string of the molecule is CCOc1ccc(-n2c(SCC(N)=O)nc3sc4c(c3c2=O)CC[NH+](C)C4)cc1. The fourth-order valence-corrected chi connectivity index (χ4v) is 5.69. The molecule has 29 heavy (non-hydrogen) atoms. The van der Waals surface area contributed by atoms with E-state index in [1.165, 1.54) is 21.5 Å². The summed E-state index contributed by atoms with van der Waals surface area (Å²) in [6.07, 6.45) is 0.870. The van der Waals surface area contributed by atoms with Gasteiger partial charge in [0, 0.05) is 6.42 Å². The molecule has 0 fully saturated rings. The van der Waals surface area contributed by atoms with E-state index in [1.807, 2.05) is 31.2 Å². The largest absolute Gasteiger partial charge is 0.494 e. The summed E-state index contributed by atoms with van der Waals surface area (Å²) in [5.41, 5.74) is 7.06. The van der Waals surface area contributed by atoms with E-state index >= 15 is 0 Å². The fraction of sp³-hybridized carbons (Fsp3) is 0.350. The number of nitrogens with zero attached hydrogens (tertiary/aromatic N) is 2. The smallest absolute Gasteiger partial charge is 0.267 e. The highest BCUT2D eigenvalue weighted by Crippen LogP contribution is 2.31. The Kier molecular flexibility index (Phi) is 5.62. The molecule has 0 saturated heterocycles. The van der Waals surface area contributed by atoms with Crippen molar-refractivity contribution in [2.45, 2.75) is 25.0 Å². The van der Waals surface area contributed by atoms with E-state index in [9.17, 15) is 9.59 Å². The van der Waals surface area contributed by atoms with Crippen LogP contribution >= 0.6 is 23.1 Å². The number of nitrogens with one attached hydrogen (secondary N) is 1.